The van der Waals surface area contributed by atoms with Crippen molar-refractivity contribution in [1.82, 2.24) is 10.3 Å². The number of aromatic nitrogens is 1. The lowest BCUT2D eigenvalue weighted by Crippen LogP contribution is -2.38. The molecule has 1 aliphatic rings. The number of benzene rings is 1. The van der Waals surface area contributed by atoms with Crippen LogP contribution in [0.1, 0.15) is 34.5 Å². The van der Waals surface area contributed by atoms with Gasteiger partial charge in [-0.25, -0.2) is 4.98 Å². The molecule has 6 nitrogen and oxygen atoms in total. The van der Waals surface area contributed by atoms with Gasteiger partial charge in [-0.05, 0) is 32.0 Å². The summed E-state index contributed by atoms with van der Waals surface area (Å²) < 4.78 is 10.8. The van der Waals surface area contributed by atoms with Gasteiger partial charge in [0, 0.05) is 24.8 Å². The Bertz CT molecular complexity index is 773. The van der Waals surface area contributed by atoms with Crippen LogP contribution in [-0.4, -0.2) is 44.3 Å². The summed E-state index contributed by atoms with van der Waals surface area (Å²) in [6.45, 7) is 6.75. The van der Waals surface area contributed by atoms with Gasteiger partial charge in [-0.15, -0.1) is 0 Å². The molecule has 2 heterocycles. The molecule has 3 rings (SSSR count). The first kappa shape index (κ1) is 18.2. The maximum Gasteiger partial charge on any atom is 0.255 e. The van der Waals surface area contributed by atoms with Crippen LogP contribution < -0.4 is 15.0 Å². The molecular formula is C20H25N3O3. The molecule has 6 heteroatoms. The third-order valence-electron chi connectivity index (χ3n) is 4.54. The number of carbonyl (C=O) groups excluding carboxylic acids is 1. The quantitative estimate of drug-likeness (QED) is 0.893. The smallest absolute Gasteiger partial charge is 0.255 e. The Morgan fingerprint density at radius 1 is 1.31 bits per heavy atom. The van der Waals surface area contributed by atoms with E-state index in [0.29, 0.717) is 24.6 Å². The molecule has 2 aromatic rings. The van der Waals surface area contributed by atoms with Crippen molar-refractivity contribution in [2.75, 3.05) is 38.3 Å². The van der Waals surface area contributed by atoms with Crippen LogP contribution in [0.5, 0.6) is 5.75 Å². The zero-order valence-electron chi connectivity index (χ0n) is 15.5. The number of methoxy groups -OCH3 is 1. The molecule has 0 aliphatic carbocycles. The van der Waals surface area contributed by atoms with Crippen LogP contribution in [0, 0.1) is 6.92 Å². The Labute approximate surface area is 154 Å². The van der Waals surface area contributed by atoms with E-state index in [2.05, 4.69) is 15.2 Å². The van der Waals surface area contributed by atoms with Crippen molar-refractivity contribution in [1.29, 1.82) is 0 Å². The van der Waals surface area contributed by atoms with Gasteiger partial charge in [-0.2, -0.15) is 0 Å². The second-order valence-corrected chi connectivity index (χ2v) is 6.41. The van der Waals surface area contributed by atoms with Crippen LogP contribution in [0.2, 0.25) is 0 Å². The SMILES string of the molecule is COc1ccc(C)cc1C(C)NC(=O)c1cccnc1N1CCOCC1. The van der Waals surface area contributed by atoms with Gasteiger partial charge >= 0.3 is 0 Å². The highest BCUT2D eigenvalue weighted by molar-refractivity contribution is 5.99. The van der Waals surface area contributed by atoms with Crippen molar-refractivity contribution in [3.05, 3.63) is 53.2 Å². The van der Waals surface area contributed by atoms with Gasteiger partial charge in [0.25, 0.3) is 5.91 Å². The van der Waals surface area contributed by atoms with Crippen molar-refractivity contribution in [2.45, 2.75) is 19.9 Å². The summed E-state index contributed by atoms with van der Waals surface area (Å²) in [6, 6.07) is 9.38. The second kappa shape index (κ2) is 8.19. The standard InChI is InChI=1S/C20H25N3O3/c1-14-6-7-18(25-3)17(13-14)15(2)22-20(24)16-5-4-8-21-19(16)23-9-11-26-12-10-23/h4-8,13,15H,9-12H2,1-3H3,(H,22,24). The number of hydrogen-bond acceptors (Lipinski definition) is 5. The number of anilines is 1. The first-order valence-electron chi connectivity index (χ1n) is 8.83. The van der Waals surface area contributed by atoms with E-state index in [9.17, 15) is 4.79 Å². The van der Waals surface area contributed by atoms with E-state index in [1.807, 2.05) is 38.1 Å². The average Bonchev–Trinajstić information content (AvgIpc) is 2.68. The fraction of sp³-hybridized carbons (Fsp3) is 0.400. The number of pyridine rings is 1. The van der Waals surface area contributed by atoms with E-state index in [1.165, 1.54) is 0 Å². The summed E-state index contributed by atoms with van der Waals surface area (Å²) in [4.78, 5) is 19.5. The lowest BCUT2D eigenvalue weighted by molar-refractivity contribution is 0.0937. The molecule has 1 unspecified atom stereocenters. The lowest BCUT2D eigenvalue weighted by atomic mass is 10.0. The predicted octanol–water partition coefficient (Wildman–Crippen LogP) is 2.73. The van der Waals surface area contributed by atoms with Crippen molar-refractivity contribution in [2.24, 2.45) is 0 Å². The molecule has 0 spiro atoms. The summed E-state index contributed by atoms with van der Waals surface area (Å²) >= 11 is 0. The van der Waals surface area contributed by atoms with E-state index in [0.717, 1.165) is 30.0 Å². The molecule has 26 heavy (non-hydrogen) atoms. The predicted molar refractivity (Wildman–Crippen MR) is 101 cm³/mol. The van der Waals surface area contributed by atoms with Gasteiger partial charge in [0.05, 0.1) is 31.9 Å². The summed E-state index contributed by atoms with van der Waals surface area (Å²) in [5.74, 6) is 1.33. The Hall–Kier alpha value is -2.60. The van der Waals surface area contributed by atoms with Crippen LogP contribution in [0.4, 0.5) is 5.82 Å². The van der Waals surface area contributed by atoms with Gasteiger partial charge in [0.2, 0.25) is 0 Å². The third kappa shape index (κ3) is 3.96. The topological polar surface area (TPSA) is 63.7 Å². The number of ether oxygens (including phenoxy) is 2. The molecule has 1 aromatic carbocycles. The van der Waals surface area contributed by atoms with Crippen LogP contribution in [0.25, 0.3) is 0 Å². The van der Waals surface area contributed by atoms with Crippen LogP contribution in [-0.2, 0) is 4.74 Å². The molecule has 1 aliphatic heterocycles. The second-order valence-electron chi connectivity index (χ2n) is 6.41. The van der Waals surface area contributed by atoms with Gasteiger partial charge in [-0.1, -0.05) is 17.7 Å². The van der Waals surface area contributed by atoms with Gasteiger partial charge in [-0.3, -0.25) is 4.79 Å². The number of nitrogens with one attached hydrogen (secondary N) is 1. The molecule has 1 fully saturated rings. The zero-order valence-corrected chi connectivity index (χ0v) is 15.5. The molecule has 1 atom stereocenters. The summed E-state index contributed by atoms with van der Waals surface area (Å²) in [7, 11) is 1.64. The zero-order chi connectivity index (χ0) is 18.5. The summed E-state index contributed by atoms with van der Waals surface area (Å²) in [5.41, 5.74) is 2.66. The highest BCUT2D eigenvalue weighted by atomic mass is 16.5. The van der Waals surface area contributed by atoms with E-state index < -0.39 is 0 Å². The fourth-order valence-corrected chi connectivity index (χ4v) is 3.15. The maximum atomic E-state index is 12.9. The van der Waals surface area contributed by atoms with E-state index >= 15 is 0 Å². The molecule has 1 amide bonds. The number of nitrogens with zero attached hydrogens (tertiary/aromatic N) is 2. The van der Waals surface area contributed by atoms with Crippen molar-refractivity contribution in [3.63, 3.8) is 0 Å². The molecular weight excluding hydrogens is 330 g/mol. The number of rotatable bonds is 5. The molecule has 0 saturated carbocycles. The Kier molecular flexibility index (Phi) is 5.73. The minimum atomic E-state index is -0.185. The third-order valence-corrected chi connectivity index (χ3v) is 4.54. The number of carbonyl (C=O) groups is 1. The first-order valence-corrected chi connectivity index (χ1v) is 8.83. The maximum absolute atomic E-state index is 12.9. The van der Waals surface area contributed by atoms with Crippen molar-refractivity contribution in [3.8, 4) is 5.75 Å². The fourth-order valence-electron chi connectivity index (χ4n) is 3.15. The van der Waals surface area contributed by atoms with E-state index in [4.69, 9.17) is 9.47 Å². The summed E-state index contributed by atoms with van der Waals surface area (Å²) in [5, 5.41) is 3.08. The number of aryl methyl sites for hydroxylation is 1. The monoisotopic (exact) mass is 355 g/mol. The Morgan fingerprint density at radius 2 is 2.08 bits per heavy atom. The first-order chi connectivity index (χ1) is 12.6. The van der Waals surface area contributed by atoms with Crippen molar-refractivity contribution >= 4 is 11.7 Å². The molecule has 0 bridgehead atoms. The van der Waals surface area contributed by atoms with Gasteiger partial charge in [0.1, 0.15) is 11.6 Å². The highest BCUT2D eigenvalue weighted by Gasteiger charge is 2.22. The average molecular weight is 355 g/mol. The summed E-state index contributed by atoms with van der Waals surface area (Å²) in [6.07, 6.45) is 1.72. The lowest BCUT2D eigenvalue weighted by Gasteiger charge is -2.29. The minimum absolute atomic E-state index is 0.143. The molecule has 1 saturated heterocycles. The van der Waals surface area contributed by atoms with E-state index in [1.54, 1.807) is 19.4 Å². The van der Waals surface area contributed by atoms with E-state index in [-0.39, 0.29) is 11.9 Å². The minimum Gasteiger partial charge on any atom is -0.496 e. The molecule has 1 N–H and O–H groups in total. The van der Waals surface area contributed by atoms with Crippen molar-refractivity contribution < 1.29 is 14.3 Å². The van der Waals surface area contributed by atoms with Crippen LogP contribution in [0.15, 0.2) is 36.5 Å². The largest absolute Gasteiger partial charge is 0.496 e. The van der Waals surface area contributed by atoms with Crippen LogP contribution >= 0.6 is 0 Å². The molecule has 0 radical (unpaired) electrons. The highest BCUT2D eigenvalue weighted by Crippen LogP contribution is 2.27. The van der Waals surface area contributed by atoms with Gasteiger partial charge in [0.15, 0.2) is 0 Å². The number of hydrogen-bond donors (Lipinski definition) is 1. The normalized spacial score (nSPS) is 15.4. The molecule has 1 aromatic heterocycles. The number of morpholine rings is 1. The molecule has 138 valence electrons. The number of amides is 1. The Morgan fingerprint density at radius 3 is 2.81 bits per heavy atom. The van der Waals surface area contributed by atoms with Gasteiger partial charge < -0.3 is 19.7 Å². The Balaban J connectivity index is 1.81. The van der Waals surface area contributed by atoms with Crippen LogP contribution in [0.3, 0.4) is 0 Å².